The van der Waals surface area contributed by atoms with E-state index in [0.717, 1.165) is 23.5 Å². The lowest BCUT2D eigenvalue weighted by molar-refractivity contribution is -0.151. The molecule has 2 heterocycles. The first-order valence-electron chi connectivity index (χ1n) is 11.0. The van der Waals surface area contributed by atoms with E-state index in [1.165, 1.54) is 4.90 Å². The van der Waals surface area contributed by atoms with E-state index < -0.39 is 24.1 Å². The van der Waals surface area contributed by atoms with Crippen LogP contribution in [0.2, 0.25) is 0 Å². The predicted octanol–water partition coefficient (Wildman–Crippen LogP) is 2.19. The number of nitrogens with one attached hydrogen (secondary N) is 1. The van der Waals surface area contributed by atoms with Crippen LogP contribution >= 0.6 is 11.8 Å². The third-order valence-electron chi connectivity index (χ3n) is 6.20. The van der Waals surface area contributed by atoms with Crippen LogP contribution in [0.25, 0.3) is 0 Å². The first kappa shape index (κ1) is 23.6. The molecule has 0 radical (unpaired) electrons. The third-order valence-corrected chi connectivity index (χ3v) is 7.39. The van der Waals surface area contributed by atoms with Gasteiger partial charge in [-0.05, 0) is 62.0 Å². The van der Waals surface area contributed by atoms with Gasteiger partial charge in [-0.15, -0.1) is 0 Å². The summed E-state index contributed by atoms with van der Waals surface area (Å²) in [5.41, 5.74) is 1.10. The van der Waals surface area contributed by atoms with Gasteiger partial charge in [0, 0.05) is 6.54 Å². The maximum absolute atomic E-state index is 13.2. The van der Waals surface area contributed by atoms with Gasteiger partial charge in [0.2, 0.25) is 5.91 Å². The van der Waals surface area contributed by atoms with Crippen LogP contribution in [-0.2, 0) is 25.5 Å². The van der Waals surface area contributed by atoms with Crippen molar-refractivity contribution in [3.8, 4) is 0 Å². The third kappa shape index (κ3) is 5.80. The molecule has 0 aromatic heterocycles. The number of hydrogen-bond donors (Lipinski definition) is 2. The van der Waals surface area contributed by atoms with Gasteiger partial charge in [-0.1, -0.05) is 30.3 Å². The second-order valence-corrected chi connectivity index (χ2v) is 9.43. The van der Waals surface area contributed by atoms with Crippen LogP contribution in [0.15, 0.2) is 30.3 Å². The van der Waals surface area contributed by atoms with Crippen molar-refractivity contribution in [3.05, 3.63) is 35.9 Å². The van der Waals surface area contributed by atoms with Gasteiger partial charge in [0.1, 0.15) is 12.1 Å². The summed E-state index contributed by atoms with van der Waals surface area (Å²) in [6, 6.07) is 7.74. The van der Waals surface area contributed by atoms with Crippen LogP contribution < -0.4 is 5.32 Å². The molecule has 8 heteroatoms. The van der Waals surface area contributed by atoms with E-state index in [1.807, 2.05) is 42.1 Å². The summed E-state index contributed by atoms with van der Waals surface area (Å²) in [4.78, 5) is 39.2. The number of esters is 1. The second-order valence-electron chi connectivity index (χ2n) is 8.28. The maximum atomic E-state index is 13.2. The average Bonchev–Trinajstić information content (AvgIpc) is 3.16. The molecule has 0 bridgehead atoms. The van der Waals surface area contributed by atoms with Crippen LogP contribution in [0.5, 0.6) is 0 Å². The zero-order valence-electron chi connectivity index (χ0n) is 18.2. The molecule has 2 aliphatic rings. The number of carbonyl (C=O) groups excluding carboxylic acids is 2. The number of carbonyl (C=O) groups is 3. The molecule has 7 nitrogen and oxygen atoms in total. The summed E-state index contributed by atoms with van der Waals surface area (Å²) >= 11 is 1.82. The Morgan fingerprint density at radius 1 is 1.29 bits per heavy atom. The van der Waals surface area contributed by atoms with Crippen molar-refractivity contribution in [2.75, 3.05) is 24.7 Å². The molecule has 170 valence electrons. The van der Waals surface area contributed by atoms with Gasteiger partial charge in [-0.2, -0.15) is 11.8 Å². The summed E-state index contributed by atoms with van der Waals surface area (Å²) in [6.45, 7) is 4.18. The minimum absolute atomic E-state index is 0.00818. The summed E-state index contributed by atoms with van der Waals surface area (Å²) < 4.78 is 5.21. The highest BCUT2D eigenvalue weighted by Crippen LogP contribution is 2.39. The number of amides is 1. The van der Waals surface area contributed by atoms with Crippen LogP contribution in [0.4, 0.5) is 0 Å². The number of nitrogens with zero attached hydrogens (tertiary/aromatic N) is 1. The van der Waals surface area contributed by atoms with E-state index in [0.29, 0.717) is 19.4 Å². The highest BCUT2D eigenvalue weighted by molar-refractivity contribution is 7.99. The van der Waals surface area contributed by atoms with Crippen molar-refractivity contribution in [3.63, 3.8) is 0 Å². The number of aryl methyl sites for hydroxylation is 1. The maximum Gasteiger partial charge on any atom is 0.326 e. The Bertz CT molecular complexity index is 774. The summed E-state index contributed by atoms with van der Waals surface area (Å²) in [5, 5.41) is 12.9. The molecule has 0 spiro atoms. The lowest BCUT2D eigenvalue weighted by Crippen LogP contribution is -2.54. The number of likely N-dealkylation sites (tertiary alicyclic amines) is 1. The lowest BCUT2D eigenvalue weighted by atomic mass is 9.89. The van der Waals surface area contributed by atoms with Gasteiger partial charge < -0.3 is 14.7 Å². The molecule has 2 N–H and O–H groups in total. The molecule has 2 aliphatic heterocycles. The zero-order chi connectivity index (χ0) is 22.4. The van der Waals surface area contributed by atoms with Crippen LogP contribution in [0.1, 0.15) is 32.3 Å². The van der Waals surface area contributed by atoms with E-state index in [4.69, 9.17) is 4.74 Å². The quantitative estimate of drug-likeness (QED) is 0.559. The van der Waals surface area contributed by atoms with E-state index in [9.17, 15) is 19.5 Å². The van der Waals surface area contributed by atoms with Crippen molar-refractivity contribution in [2.24, 2.45) is 11.8 Å². The first-order valence-corrected chi connectivity index (χ1v) is 12.2. The van der Waals surface area contributed by atoms with Gasteiger partial charge in [-0.3, -0.25) is 14.9 Å². The fourth-order valence-corrected chi connectivity index (χ4v) is 5.91. The largest absolute Gasteiger partial charge is 0.480 e. The number of aliphatic carboxylic acids is 1. The van der Waals surface area contributed by atoms with E-state index >= 15 is 0 Å². The minimum Gasteiger partial charge on any atom is -0.480 e. The number of thioether (sulfide) groups is 1. The fourth-order valence-electron chi connectivity index (χ4n) is 4.65. The van der Waals surface area contributed by atoms with E-state index in [-0.39, 0.29) is 30.3 Å². The molecule has 1 aromatic rings. The van der Waals surface area contributed by atoms with Gasteiger partial charge in [-0.25, -0.2) is 4.79 Å². The first-order chi connectivity index (χ1) is 14.9. The van der Waals surface area contributed by atoms with Crippen molar-refractivity contribution < 1.29 is 24.2 Å². The number of carboxylic acids is 1. The van der Waals surface area contributed by atoms with Gasteiger partial charge in [0.05, 0.1) is 12.6 Å². The monoisotopic (exact) mass is 448 g/mol. The number of hydrogen-bond acceptors (Lipinski definition) is 6. The fraction of sp³-hybridized carbons (Fsp3) is 0.609. The van der Waals surface area contributed by atoms with Gasteiger partial charge in [0.15, 0.2) is 0 Å². The highest BCUT2D eigenvalue weighted by Gasteiger charge is 2.49. The van der Waals surface area contributed by atoms with Crippen LogP contribution in [0.3, 0.4) is 0 Å². The highest BCUT2D eigenvalue weighted by atomic mass is 32.2. The molecular formula is C23H32N2O5S. The Morgan fingerprint density at radius 2 is 2.03 bits per heavy atom. The second kappa shape index (κ2) is 11.0. The van der Waals surface area contributed by atoms with Crippen molar-refractivity contribution >= 4 is 29.6 Å². The normalized spacial score (nSPS) is 24.8. The molecule has 31 heavy (non-hydrogen) atoms. The molecule has 2 saturated heterocycles. The van der Waals surface area contributed by atoms with Crippen LogP contribution in [-0.4, -0.2) is 70.6 Å². The van der Waals surface area contributed by atoms with Crippen molar-refractivity contribution in [1.29, 1.82) is 0 Å². The molecule has 1 aromatic carbocycles. The Hall–Kier alpha value is -2.06. The SMILES string of the molecule is CCOC(=O)[C@H](CCc1ccccc1)NC(C)C(=O)N1CC2CSCCC2[C@H]1C(=O)O. The molecule has 0 aliphatic carbocycles. The molecule has 0 saturated carbocycles. The Kier molecular flexibility index (Phi) is 8.37. The Morgan fingerprint density at radius 3 is 2.71 bits per heavy atom. The van der Waals surface area contributed by atoms with Gasteiger partial charge >= 0.3 is 11.9 Å². The smallest absolute Gasteiger partial charge is 0.326 e. The minimum atomic E-state index is -0.939. The summed E-state index contributed by atoms with van der Waals surface area (Å²) in [7, 11) is 0. The number of rotatable bonds is 9. The standard InChI is InChI=1S/C23H32N2O5S/c1-3-30-23(29)19(10-9-16-7-5-4-6-8-16)24-15(2)21(26)25-13-17-14-31-12-11-18(17)20(25)22(27)28/h4-8,15,17-20,24H,3,9-14H2,1-2H3,(H,27,28)/t15?,17?,18?,19-,20-/m0/s1. The zero-order valence-corrected chi connectivity index (χ0v) is 19.0. The van der Waals surface area contributed by atoms with Crippen molar-refractivity contribution in [1.82, 2.24) is 10.2 Å². The van der Waals surface area contributed by atoms with Crippen LogP contribution in [0, 0.1) is 11.8 Å². The number of carboxylic acid groups (broad SMARTS) is 1. The number of fused-ring (bicyclic) bond motifs is 1. The predicted molar refractivity (Wildman–Crippen MR) is 120 cm³/mol. The molecule has 5 atom stereocenters. The topological polar surface area (TPSA) is 95.9 Å². The average molecular weight is 449 g/mol. The Balaban J connectivity index is 1.67. The van der Waals surface area contributed by atoms with Crippen molar-refractivity contribution in [2.45, 2.75) is 51.2 Å². The lowest BCUT2D eigenvalue weighted by Gasteiger charge is -2.29. The van der Waals surface area contributed by atoms with E-state index in [2.05, 4.69) is 5.32 Å². The number of ether oxygens (including phenoxy) is 1. The molecule has 1 amide bonds. The number of benzene rings is 1. The van der Waals surface area contributed by atoms with E-state index in [1.54, 1.807) is 13.8 Å². The Labute approximate surface area is 187 Å². The summed E-state index contributed by atoms with van der Waals surface area (Å²) in [5.74, 6) is 0.461. The molecule has 2 fully saturated rings. The summed E-state index contributed by atoms with van der Waals surface area (Å²) in [6.07, 6.45) is 1.98. The molecular weight excluding hydrogens is 416 g/mol. The molecule has 3 rings (SSSR count). The van der Waals surface area contributed by atoms with Gasteiger partial charge in [0.25, 0.3) is 0 Å². The molecule has 3 unspecified atom stereocenters.